The van der Waals surface area contributed by atoms with E-state index < -0.39 is 0 Å². The molecular weight excluding hydrogens is 208 g/mol. The molecule has 3 nitrogen and oxygen atoms in total. The Bertz CT molecular complexity index is 362. The second-order valence-electron chi connectivity index (χ2n) is 3.69. The van der Waals surface area contributed by atoms with Crippen LogP contribution in [0.15, 0.2) is 6.07 Å². The van der Waals surface area contributed by atoms with Gasteiger partial charge in [-0.25, -0.2) is 4.98 Å². The lowest BCUT2D eigenvalue weighted by atomic mass is 10.2. The maximum Gasteiger partial charge on any atom is 0.129 e. The zero-order chi connectivity index (χ0) is 11.3. The van der Waals surface area contributed by atoms with Crippen LogP contribution in [0.2, 0.25) is 0 Å². The molecule has 4 heteroatoms. The van der Waals surface area contributed by atoms with E-state index in [1.54, 1.807) is 7.11 Å². The van der Waals surface area contributed by atoms with Crippen molar-refractivity contribution in [3.63, 3.8) is 0 Å². The zero-order valence-corrected chi connectivity index (χ0v) is 10.4. The Kier molecular flexibility index (Phi) is 4.91. The van der Waals surface area contributed by atoms with Crippen molar-refractivity contribution in [1.82, 2.24) is 9.97 Å². The number of hydrogen-bond acceptors (Lipinski definition) is 3. The molecule has 1 unspecified atom stereocenters. The average Bonchev–Trinajstić information content (AvgIpc) is 2.17. The van der Waals surface area contributed by atoms with E-state index in [0.717, 1.165) is 30.8 Å². The minimum absolute atomic E-state index is 0.167. The Balaban J connectivity index is 2.83. The second kappa shape index (κ2) is 5.98. The minimum atomic E-state index is 0.167. The van der Waals surface area contributed by atoms with Crippen LogP contribution in [0, 0.1) is 4.64 Å². The van der Waals surface area contributed by atoms with Crippen molar-refractivity contribution < 1.29 is 4.74 Å². The molecule has 15 heavy (non-hydrogen) atoms. The Morgan fingerprint density at radius 3 is 2.93 bits per heavy atom. The molecule has 1 N–H and O–H groups in total. The summed E-state index contributed by atoms with van der Waals surface area (Å²) < 4.78 is 5.86. The SMILES string of the molecule is CCCc1cc(=S)nc(CC(C)OC)[nH]1. The van der Waals surface area contributed by atoms with E-state index in [2.05, 4.69) is 16.9 Å². The van der Waals surface area contributed by atoms with Crippen LogP contribution < -0.4 is 0 Å². The molecule has 0 bridgehead atoms. The lowest BCUT2D eigenvalue weighted by Crippen LogP contribution is -2.12. The molecule has 0 fully saturated rings. The van der Waals surface area contributed by atoms with Crippen LogP contribution >= 0.6 is 12.2 Å². The van der Waals surface area contributed by atoms with Crippen molar-refractivity contribution in [1.29, 1.82) is 0 Å². The summed E-state index contributed by atoms with van der Waals surface area (Å²) in [5, 5.41) is 0. The molecule has 0 aliphatic heterocycles. The molecule has 1 atom stereocenters. The number of rotatable bonds is 5. The maximum absolute atomic E-state index is 5.20. The lowest BCUT2D eigenvalue weighted by Gasteiger charge is -2.09. The van der Waals surface area contributed by atoms with E-state index in [9.17, 15) is 0 Å². The number of H-pyrrole nitrogens is 1. The number of aromatic amines is 1. The van der Waals surface area contributed by atoms with Crippen LogP contribution in [0.25, 0.3) is 0 Å². The number of methoxy groups -OCH3 is 1. The highest BCUT2D eigenvalue weighted by Crippen LogP contribution is 2.04. The summed E-state index contributed by atoms with van der Waals surface area (Å²) in [5.74, 6) is 0.917. The summed E-state index contributed by atoms with van der Waals surface area (Å²) in [6.45, 7) is 4.17. The number of nitrogens with one attached hydrogen (secondary N) is 1. The molecule has 1 aromatic rings. The van der Waals surface area contributed by atoms with Gasteiger partial charge in [-0.2, -0.15) is 0 Å². The van der Waals surface area contributed by atoms with Gasteiger partial charge in [0, 0.05) is 19.2 Å². The first-order valence-electron chi connectivity index (χ1n) is 5.27. The first-order valence-corrected chi connectivity index (χ1v) is 5.68. The first kappa shape index (κ1) is 12.3. The minimum Gasteiger partial charge on any atom is -0.381 e. The smallest absolute Gasteiger partial charge is 0.129 e. The average molecular weight is 226 g/mol. The van der Waals surface area contributed by atoms with Gasteiger partial charge in [-0.1, -0.05) is 25.6 Å². The predicted molar refractivity (Wildman–Crippen MR) is 63.6 cm³/mol. The molecule has 1 rings (SSSR count). The van der Waals surface area contributed by atoms with Crippen LogP contribution in [0.5, 0.6) is 0 Å². The van der Waals surface area contributed by atoms with Gasteiger partial charge in [0.25, 0.3) is 0 Å². The van der Waals surface area contributed by atoms with E-state index >= 15 is 0 Å². The van der Waals surface area contributed by atoms with Crippen molar-refractivity contribution in [3.05, 3.63) is 22.2 Å². The Morgan fingerprint density at radius 2 is 2.33 bits per heavy atom. The van der Waals surface area contributed by atoms with Crippen LogP contribution in [0.1, 0.15) is 31.8 Å². The Hall–Kier alpha value is -0.740. The number of aryl methyl sites for hydroxylation is 1. The maximum atomic E-state index is 5.20. The van der Waals surface area contributed by atoms with E-state index in [4.69, 9.17) is 17.0 Å². The molecule has 1 heterocycles. The normalized spacial score (nSPS) is 12.7. The van der Waals surface area contributed by atoms with Gasteiger partial charge in [0.05, 0.1) is 6.10 Å². The van der Waals surface area contributed by atoms with Crippen LogP contribution in [0.4, 0.5) is 0 Å². The van der Waals surface area contributed by atoms with Crippen molar-refractivity contribution in [3.8, 4) is 0 Å². The fourth-order valence-electron chi connectivity index (χ4n) is 1.42. The van der Waals surface area contributed by atoms with E-state index in [0.29, 0.717) is 4.64 Å². The molecule has 0 aliphatic rings. The third-order valence-corrected chi connectivity index (χ3v) is 2.46. The van der Waals surface area contributed by atoms with Gasteiger partial charge < -0.3 is 9.72 Å². The third kappa shape index (κ3) is 4.10. The topological polar surface area (TPSA) is 37.9 Å². The first-order chi connectivity index (χ1) is 7.15. The number of aromatic nitrogens is 2. The summed E-state index contributed by atoms with van der Waals surface area (Å²) in [6.07, 6.45) is 3.06. The molecule has 84 valence electrons. The van der Waals surface area contributed by atoms with Crippen LogP contribution in [-0.4, -0.2) is 23.2 Å². The van der Waals surface area contributed by atoms with Gasteiger partial charge in [-0.3, -0.25) is 0 Å². The highest BCUT2D eigenvalue weighted by Gasteiger charge is 2.04. The molecule has 0 amide bonds. The Labute approximate surface area is 95.9 Å². The second-order valence-corrected chi connectivity index (χ2v) is 4.11. The van der Waals surface area contributed by atoms with Gasteiger partial charge in [0.1, 0.15) is 10.5 Å². The van der Waals surface area contributed by atoms with Crippen molar-refractivity contribution >= 4 is 12.2 Å². The standard InChI is InChI=1S/C11H18N2OS/c1-4-5-9-7-11(15)13-10(12-9)6-8(2)14-3/h7-8H,4-6H2,1-3H3,(H,12,13,15). The lowest BCUT2D eigenvalue weighted by molar-refractivity contribution is 0.117. The van der Waals surface area contributed by atoms with Gasteiger partial charge in [0.2, 0.25) is 0 Å². The summed E-state index contributed by atoms with van der Waals surface area (Å²) in [7, 11) is 1.70. The van der Waals surface area contributed by atoms with Gasteiger partial charge >= 0.3 is 0 Å². The predicted octanol–water partition coefficient (Wildman–Crippen LogP) is 2.67. The molecule has 0 radical (unpaired) electrons. The van der Waals surface area contributed by atoms with Gasteiger partial charge in [-0.15, -0.1) is 0 Å². The fraction of sp³-hybridized carbons (Fsp3) is 0.636. The quantitative estimate of drug-likeness (QED) is 0.784. The number of ether oxygens (including phenoxy) is 1. The summed E-state index contributed by atoms with van der Waals surface area (Å²) in [4.78, 5) is 7.58. The van der Waals surface area contributed by atoms with Crippen molar-refractivity contribution in [2.24, 2.45) is 0 Å². The Morgan fingerprint density at radius 1 is 1.60 bits per heavy atom. The third-order valence-electron chi connectivity index (χ3n) is 2.25. The molecule has 0 saturated carbocycles. The monoisotopic (exact) mass is 226 g/mol. The molecular formula is C11H18N2OS. The summed E-state index contributed by atoms with van der Waals surface area (Å²) >= 11 is 5.12. The molecule has 0 spiro atoms. The largest absolute Gasteiger partial charge is 0.381 e. The van der Waals surface area contributed by atoms with E-state index in [-0.39, 0.29) is 6.10 Å². The molecule has 0 aliphatic carbocycles. The summed E-state index contributed by atoms with van der Waals surface area (Å²) in [6, 6.07) is 1.93. The number of hydrogen-bond donors (Lipinski definition) is 1. The van der Waals surface area contributed by atoms with Crippen LogP contribution in [-0.2, 0) is 17.6 Å². The molecule has 1 aromatic heterocycles. The highest BCUT2D eigenvalue weighted by atomic mass is 32.1. The molecule has 0 aromatic carbocycles. The fourth-order valence-corrected chi connectivity index (χ4v) is 1.67. The number of nitrogens with zero attached hydrogens (tertiary/aromatic N) is 1. The van der Waals surface area contributed by atoms with Gasteiger partial charge in [-0.05, 0) is 19.4 Å². The van der Waals surface area contributed by atoms with E-state index in [1.807, 2.05) is 13.0 Å². The zero-order valence-electron chi connectivity index (χ0n) is 9.54. The van der Waals surface area contributed by atoms with Crippen molar-refractivity contribution in [2.75, 3.05) is 7.11 Å². The van der Waals surface area contributed by atoms with Gasteiger partial charge in [0.15, 0.2) is 0 Å². The van der Waals surface area contributed by atoms with E-state index in [1.165, 1.54) is 0 Å². The molecule has 0 saturated heterocycles. The highest BCUT2D eigenvalue weighted by molar-refractivity contribution is 7.71. The van der Waals surface area contributed by atoms with Crippen molar-refractivity contribution in [2.45, 2.75) is 39.2 Å². The van der Waals surface area contributed by atoms with Crippen LogP contribution in [0.3, 0.4) is 0 Å². The summed E-state index contributed by atoms with van der Waals surface area (Å²) in [5.41, 5.74) is 1.16.